The van der Waals surface area contributed by atoms with Crippen LogP contribution in [0.1, 0.15) is 17.2 Å². The fraction of sp³-hybridized carbons (Fsp3) is 0.300. The molecule has 0 saturated heterocycles. The molecule has 78 valence electrons. The van der Waals surface area contributed by atoms with Gasteiger partial charge in [0.1, 0.15) is 6.04 Å². The third kappa shape index (κ3) is 1.75. The highest BCUT2D eigenvalue weighted by Gasteiger charge is 2.22. The van der Waals surface area contributed by atoms with Gasteiger partial charge in [0.25, 0.3) is 0 Å². The Labute approximate surface area is 98.5 Å². The van der Waals surface area contributed by atoms with Gasteiger partial charge in [-0.15, -0.1) is 0 Å². The summed E-state index contributed by atoms with van der Waals surface area (Å²) in [6.07, 6.45) is 0. The zero-order valence-electron chi connectivity index (χ0n) is 8.37. The van der Waals surface area contributed by atoms with Crippen LogP contribution in [-0.4, -0.2) is 13.3 Å². The maximum atomic E-state index is 7.19. The van der Waals surface area contributed by atoms with E-state index in [2.05, 4.69) is 26.9 Å². The van der Waals surface area contributed by atoms with Crippen LogP contribution in [0.3, 0.4) is 0 Å². The van der Waals surface area contributed by atoms with Gasteiger partial charge in [0.05, 0.1) is 12.2 Å². The van der Waals surface area contributed by atoms with Crippen LogP contribution in [0.5, 0.6) is 0 Å². The molecule has 0 spiro atoms. The summed E-state index contributed by atoms with van der Waals surface area (Å²) in [5.74, 6) is 0. The number of rotatable bonds is 2. The summed E-state index contributed by atoms with van der Waals surface area (Å²) in [5, 5.41) is 3.62. The van der Waals surface area contributed by atoms with Gasteiger partial charge in [-0.2, -0.15) is 5.11 Å². The van der Waals surface area contributed by atoms with Gasteiger partial charge in [-0.05, 0) is 25.3 Å². The van der Waals surface area contributed by atoms with E-state index in [1.807, 2.05) is 12.1 Å². The molecule has 1 aromatic carbocycles. The Bertz CT molecular complexity index is 453. The number of hydrogen-bond acceptors (Lipinski definition) is 4. The number of benzene rings is 1. The van der Waals surface area contributed by atoms with Crippen molar-refractivity contribution in [2.24, 2.45) is 13.3 Å². The molecule has 0 fully saturated rings. The SMILES string of the molecule is C=Nc1ccc(C)c2c1C(N=N)CN=I2. The molecule has 1 aromatic rings. The lowest BCUT2D eigenvalue weighted by Crippen LogP contribution is -2.06. The van der Waals surface area contributed by atoms with Crippen molar-refractivity contribution in [1.82, 2.24) is 0 Å². The standard InChI is InChI=1S/C10H11IN4/c1-6-3-4-7(13-2)9-8(15-12)5-14-11-10(6)9/h3-4,8,12H,2,5H2,1H3. The van der Waals surface area contributed by atoms with Crippen molar-refractivity contribution < 1.29 is 0 Å². The monoisotopic (exact) mass is 314 g/mol. The van der Waals surface area contributed by atoms with Gasteiger partial charge < -0.3 is 0 Å². The van der Waals surface area contributed by atoms with Gasteiger partial charge in [-0.1, -0.05) is 6.07 Å². The van der Waals surface area contributed by atoms with Crippen LogP contribution >= 0.6 is 21.0 Å². The molecule has 4 nitrogen and oxygen atoms in total. The summed E-state index contributed by atoms with van der Waals surface area (Å²) in [4.78, 5) is 4.01. The first-order valence-electron chi connectivity index (χ1n) is 4.55. The molecule has 1 atom stereocenters. The summed E-state index contributed by atoms with van der Waals surface area (Å²) in [6.45, 7) is 6.28. The molecule has 5 heteroatoms. The van der Waals surface area contributed by atoms with Crippen LogP contribution in [0.25, 0.3) is 0 Å². The number of nitrogens with zero attached hydrogens (tertiary/aromatic N) is 3. The number of fused-ring (bicyclic) bond motifs is 1. The molecule has 1 aliphatic rings. The number of hydrogen-bond donors (Lipinski definition) is 1. The first-order chi connectivity index (χ1) is 7.27. The second kappa shape index (κ2) is 4.26. The lowest BCUT2D eigenvalue weighted by atomic mass is 10.0. The average Bonchev–Trinajstić information content (AvgIpc) is 2.29. The van der Waals surface area contributed by atoms with Gasteiger partial charge in [-0.3, -0.25) is 8.14 Å². The minimum atomic E-state index is -0.289. The Balaban J connectivity index is 2.71. The summed E-state index contributed by atoms with van der Waals surface area (Å²) >= 11 is -0.289. The summed E-state index contributed by atoms with van der Waals surface area (Å²) < 4.78 is 5.71. The van der Waals surface area contributed by atoms with Crippen LogP contribution in [0.15, 0.2) is 25.4 Å². The van der Waals surface area contributed by atoms with E-state index in [-0.39, 0.29) is 27.1 Å². The molecule has 0 saturated carbocycles. The van der Waals surface area contributed by atoms with Crippen LogP contribution in [0.4, 0.5) is 5.69 Å². The Kier molecular flexibility index (Phi) is 2.99. The van der Waals surface area contributed by atoms with E-state index >= 15 is 0 Å². The average molecular weight is 314 g/mol. The molecular formula is C10H11IN4. The van der Waals surface area contributed by atoms with E-state index in [4.69, 9.17) is 5.53 Å². The second-order valence-corrected chi connectivity index (χ2v) is 5.56. The minimum Gasteiger partial charge on any atom is -0.264 e. The first-order valence-corrected chi connectivity index (χ1v) is 6.60. The Morgan fingerprint density at radius 3 is 3.07 bits per heavy atom. The van der Waals surface area contributed by atoms with Crippen LogP contribution in [0.2, 0.25) is 0 Å². The second-order valence-electron chi connectivity index (χ2n) is 3.32. The van der Waals surface area contributed by atoms with Gasteiger partial charge >= 0.3 is 0 Å². The maximum absolute atomic E-state index is 7.19. The summed E-state index contributed by atoms with van der Waals surface area (Å²) in [6, 6.07) is 3.85. The first kappa shape index (κ1) is 10.5. The summed E-state index contributed by atoms with van der Waals surface area (Å²) in [5.41, 5.74) is 10.4. The van der Waals surface area contributed by atoms with Crippen molar-refractivity contribution in [2.75, 3.05) is 6.54 Å². The predicted molar refractivity (Wildman–Crippen MR) is 68.3 cm³/mol. The van der Waals surface area contributed by atoms with Crippen LogP contribution in [0, 0.1) is 16.0 Å². The van der Waals surface area contributed by atoms with Crippen molar-refractivity contribution in [2.45, 2.75) is 13.0 Å². The maximum Gasteiger partial charge on any atom is 0.119 e. The molecule has 1 N–H and O–H groups in total. The van der Waals surface area contributed by atoms with Crippen molar-refractivity contribution >= 4 is 33.4 Å². The van der Waals surface area contributed by atoms with E-state index < -0.39 is 0 Å². The highest BCUT2D eigenvalue weighted by atomic mass is 127. The zero-order chi connectivity index (χ0) is 10.8. The molecule has 0 aromatic heterocycles. The molecular weight excluding hydrogens is 303 g/mol. The Morgan fingerprint density at radius 1 is 1.60 bits per heavy atom. The van der Waals surface area contributed by atoms with Gasteiger partial charge in [-0.25, -0.2) is 5.53 Å². The Morgan fingerprint density at radius 2 is 2.40 bits per heavy atom. The van der Waals surface area contributed by atoms with E-state index in [0.717, 1.165) is 11.3 Å². The van der Waals surface area contributed by atoms with Crippen molar-refractivity contribution in [3.05, 3.63) is 26.8 Å². The van der Waals surface area contributed by atoms with E-state index in [9.17, 15) is 0 Å². The third-order valence-electron chi connectivity index (χ3n) is 2.40. The number of halogens is 1. The molecule has 1 aliphatic heterocycles. The smallest absolute Gasteiger partial charge is 0.119 e. The molecule has 2 rings (SSSR count). The molecule has 15 heavy (non-hydrogen) atoms. The quantitative estimate of drug-likeness (QED) is 0.491. The minimum absolute atomic E-state index is 0.145. The largest absolute Gasteiger partial charge is 0.264 e. The molecule has 0 aliphatic carbocycles. The fourth-order valence-corrected chi connectivity index (χ4v) is 3.98. The fourth-order valence-electron chi connectivity index (χ4n) is 1.62. The van der Waals surface area contributed by atoms with Crippen LogP contribution < -0.4 is 0 Å². The van der Waals surface area contributed by atoms with E-state index in [0.29, 0.717) is 6.54 Å². The molecule has 1 unspecified atom stereocenters. The molecule has 0 bridgehead atoms. The van der Waals surface area contributed by atoms with E-state index in [1.54, 1.807) is 0 Å². The van der Waals surface area contributed by atoms with Gasteiger partial charge in [0.15, 0.2) is 0 Å². The zero-order valence-corrected chi connectivity index (χ0v) is 10.5. The normalized spacial score (nSPS) is 18.9. The van der Waals surface area contributed by atoms with Gasteiger partial charge in [0.2, 0.25) is 0 Å². The van der Waals surface area contributed by atoms with Crippen molar-refractivity contribution in [1.29, 1.82) is 5.53 Å². The highest BCUT2D eigenvalue weighted by molar-refractivity contribution is 14.2. The topological polar surface area (TPSA) is 60.9 Å². The van der Waals surface area contributed by atoms with Crippen molar-refractivity contribution in [3.63, 3.8) is 0 Å². The third-order valence-corrected chi connectivity index (χ3v) is 5.04. The summed E-state index contributed by atoms with van der Waals surface area (Å²) in [7, 11) is 0. The molecule has 1 heterocycles. The number of aliphatic imine (C=N–C) groups is 1. The lowest BCUT2D eigenvalue weighted by Gasteiger charge is -2.18. The number of aryl methyl sites for hydroxylation is 1. The Hall–Kier alpha value is -0.980. The van der Waals surface area contributed by atoms with Crippen molar-refractivity contribution in [3.8, 4) is 0 Å². The van der Waals surface area contributed by atoms with E-state index in [1.165, 1.54) is 9.13 Å². The highest BCUT2D eigenvalue weighted by Crippen LogP contribution is 2.40. The van der Waals surface area contributed by atoms with Crippen LogP contribution in [-0.2, 0) is 0 Å². The van der Waals surface area contributed by atoms with Gasteiger partial charge in [0, 0.05) is 30.2 Å². The molecule has 0 radical (unpaired) electrons. The predicted octanol–water partition coefficient (Wildman–Crippen LogP) is 3.74. The lowest BCUT2D eigenvalue weighted by molar-refractivity contribution is 0.679. The molecule has 0 amide bonds. The number of nitrogens with one attached hydrogen (secondary N) is 1.